The molecule has 0 saturated carbocycles. The number of carbonyl (C=O) groups excluding carboxylic acids is 1. The summed E-state index contributed by atoms with van der Waals surface area (Å²) < 4.78 is 38.4. The van der Waals surface area contributed by atoms with Gasteiger partial charge in [0.1, 0.15) is 0 Å². The van der Waals surface area contributed by atoms with Crippen molar-refractivity contribution >= 4 is 17.5 Å². The molecular weight excluding hydrogens is 433 g/mol. The number of aromatic hydroxyl groups is 1. The third-order valence-electron chi connectivity index (χ3n) is 4.36. The van der Waals surface area contributed by atoms with Crippen LogP contribution in [0.5, 0.6) is 6.01 Å². The van der Waals surface area contributed by atoms with Gasteiger partial charge in [-0.1, -0.05) is 43.6 Å². The minimum atomic E-state index is -4.47. The van der Waals surface area contributed by atoms with E-state index in [0.717, 1.165) is 17.7 Å². The molecular formula is C21H18ClF3N4O2. The van der Waals surface area contributed by atoms with Gasteiger partial charge < -0.3 is 10.4 Å². The van der Waals surface area contributed by atoms with Gasteiger partial charge in [0.25, 0.3) is 0 Å². The van der Waals surface area contributed by atoms with Crippen molar-refractivity contribution in [2.45, 2.75) is 26.6 Å². The summed E-state index contributed by atoms with van der Waals surface area (Å²) in [7, 11) is 0. The van der Waals surface area contributed by atoms with Crippen molar-refractivity contribution in [2.75, 3.05) is 0 Å². The minimum Gasteiger partial charge on any atom is -0.479 e. The normalized spacial score (nSPS) is 11.6. The number of carbonyl (C=O) groups is 1. The summed E-state index contributed by atoms with van der Waals surface area (Å²) in [4.78, 5) is 23.8. The molecule has 2 aromatic carbocycles. The predicted octanol–water partition coefficient (Wildman–Crippen LogP) is 4.86. The van der Waals surface area contributed by atoms with Gasteiger partial charge in [-0.3, -0.25) is 4.79 Å². The Morgan fingerprint density at radius 1 is 1.06 bits per heavy atom. The second kappa shape index (κ2) is 8.89. The van der Waals surface area contributed by atoms with Crippen LogP contribution in [0.1, 0.15) is 25.0 Å². The van der Waals surface area contributed by atoms with Gasteiger partial charge >= 0.3 is 12.2 Å². The zero-order valence-electron chi connectivity index (χ0n) is 16.5. The smallest absolute Gasteiger partial charge is 0.416 e. The summed E-state index contributed by atoms with van der Waals surface area (Å²) in [6.07, 6.45) is -4.47. The predicted molar refractivity (Wildman–Crippen MR) is 109 cm³/mol. The van der Waals surface area contributed by atoms with Gasteiger partial charge in [-0.2, -0.15) is 23.1 Å². The zero-order valence-corrected chi connectivity index (χ0v) is 17.3. The van der Waals surface area contributed by atoms with E-state index in [1.54, 1.807) is 32.0 Å². The second-order valence-corrected chi connectivity index (χ2v) is 7.45. The molecule has 0 atom stereocenters. The van der Waals surface area contributed by atoms with Crippen LogP contribution in [0.15, 0.2) is 42.5 Å². The summed E-state index contributed by atoms with van der Waals surface area (Å²) >= 11 is 6.27. The first kappa shape index (κ1) is 22.5. The van der Waals surface area contributed by atoms with Gasteiger partial charge in [0.05, 0.1) is 10.6 Å². The highest BCUT2D eigenvalue weighted by atomic mass is 35.5. The number of amides is 1. The van der Waals surface area contributed by atoms with Crippen molar-refractivity contribution in [2.24, 2.45) is 5.92 Å². The fraction of sp³-hybridized carbons (Fsp3) is 0.238. The van der Waals surface area contributed by atoms with Crippen LogP contribution in [-0.2, 0) is 17.5 Å². The van der Waals surface area contributed by atoms with Gasteiger partial charge in [-0.25, -0.2) is 4.98 Å². The van der Waals surface area contributed by atoms with E-state index < -0.39 is 17.8 Å². The Morgan fingerprint density at radius 2 is 1.71 bits per heavy atom. The van der Waals surface area contributed by atoms with E-state index in [-0.39, 0.29) is 35.6 Å². The van der Waals surface area contributed by atoms with Crippen LogP contribution < -0.4 is 5.32 Å². The molecule has 0 fully saturated rings. The summed E-state index contributed by atoms with van der Waals surface area (Å²) in [5, 5.41) is 13.0. The molecule has 3 aromatic rings. The van der Waals surface area contributed by atoms with E-state index in [1.165, 1.54) is 12.1 Å². The summed E-state index contributed by atoms with van der Waals surface area (Å²) in [6, 6.07) is 8.61. The van der Waals surface area contributed by atoms with E-state index in [2.05, 4.69) is 20.3 Å². The molecule has 0 saturated heterocycles. The first-order chi connectivity index (χ1) is 14.5. The van der Waals surface area contributed by atoms with Crippen LogP contribution in [0, 0.1) is 5.92 Å². The van der Waals surface area contributed by atoms with Crippen LogP contribution in [0.2, 0.25) is 5.02 Å². The number of nitrogens with zero attached hydrogens (tertiary/aromatic N) is 3. The molecule has 0 aliphatic rings. The fourth-order valence-corrected chi connectivity index (χ4v) is 2.87. The molecule has 0 aliphatic carbocycles. The Hall–Kier alpha value is -3.20. The number of benzene rings is 2. The monoisotopic (exact) mass is 450 g/mol. The molecule has 6 nitrogen and oxygen atoms in total. The van der Waals surface area contributed by atoms with Crippen LogP contribution in [0.3, 0.4) is 0 Å². The topological polar surface area (TPSA) is 88.0 Å². The highest BCUT2D eigenvalue weighted by Crippen LogP contribution is 2.32. The van der Waals surface area contributed by atoms with Crippen LogP contribution in [-0.4, -0.2) is 26.0 Å². The number of hydrogen-bond acceptors (Lipinski definition) is 5. The Kier molecular flexibility index (Phi) is 6.45. The van der Waals surface area contributed by atoms with Crippen molar-refractivity contribution in [3.8, 4) is 28.8 Å². The zero-order chi connectivity index (χ0) is 22.8. The molecule has 1 heterocycles. The molecule has 1 aromatic heterocycles. The largest absolute Gasteiger partial charge is 0.479 e. The lowest BCUT2D eigenvalue weighted by Crippen LogP contribution is -2.27. The van der Waals surface area contributed by atoms with E-state index in [4.69, 9.17) is 11.6 Å². The Bertz CT molecular complexity index is 1100. The Morgan fingerprint density at radius 3 is 2.32 bits per heavy atom. The van der Waals surface area contributed by atoms with Gasteiger partial charge in [-0.15, -0.1) is 0 Å². The Balaban J connectivity index is 1.94. The molecule has 0 radical (unpaired) electrons. The van der Waals surface area contributed by atoms with Crippen LogP contribution in [0.25, 0.3) is 22.8 Å². The van der Waals surface area contributed by atoms with Crippen molar-refractivity contribution in [1.29, 1.82) is 0 Å². The quantitative estimate of drug-likeness (QED) is 0.579. The second-order valence-electron chi connectivity index (χ2n) is 7.04. The molecule has 2 N–H and O–H groups in total. The van der Waals surface area contributed by atoms with Gasteiger partial charge in [0, 0.05) is 23.6 Å². The number of hydrogen-bond donors (Lipinski definition) is 2. The number of nitrogens with one attached hydrogen (secondary N) is 1. The summed E-state index contributed by atoms with van der Waals surface area (Å²) in [5.41, 5.74) is 0.561. The first-order valence-corrected chi connectivity index (χ1v) is 9.61. The lowest BCUT2D eigenvalue weighted by atomic mass is 10.1. The molecule has 0 unspecified atom stereocenters. The molecule has 0 bridgehead atoms. The molecule has 0 aliphatic heterocycles. The average Bonchev–Trinajstić information content (AvgIpc) is 2.71. The van der Waals surface area contributed by atoms with Crippen molar-refractivity contribution < 1.29 is 23.1 Å². The Labute approximate surface area is 181 Å². The summed E-state index contributed by atoms with van der Waals surface area (Å²) in [6.45, 7) is 3.81. The van der Waals surface area contributed by atoms with Gasteiger partial charge in [0.15, 0.2) is 11.6 Å². The van der Waals surface area contributed by atoms with E-state index in [0.29, 0.717) is 10.6 Å². The van der Waals surface area contributed by atoms with E-state index in [1.807, 2.05) is 0 Å². The maximum atomic E-state index is 12.8. The first-order valence-electron chi connectivity index (χ1n) is 9.24. The maximum Gasteiger partial charge on any atom is 0.416 e. The van der Waals surface area contributed by atoms with Crippen molar-refractivity contribution in [3.63, 3.8) is 0 Å². The van der Waals surface area contributed by atoms with Crippen LogP contribution in [0.4, 0.5) is 13.2 Å². The molecule has 162 valence electrons. The maximum absolute atomic E-state index is 12.8. The van der Waals surface area contributed by atoms with Gasteiger partial charge in [0.2, 0.25) is 5.91 Å². The lowest BCUT2D eigenvalue weighted by Gasteiger charge is -2.11. The third-order valence-corrected chi connectivity index (χ3v) is 4.69. The van der Waals surface area contributed by atoms with E-state index in [9.17, 15) is 23.1 Å². The minimum absolute atomic E-state index is 0.00851. The molecule has 10 heteroatoms. The SMILES string of the molecule is CC(C)C(=O)NCc1ccc(Cl)c(-c2nc(O)nc(-c3ccc(C(F)(F)F)cc3)n2)c1. The third kappa shape index (κ3) is 5.49. The molecule has 31 heavy (non-hydrogen) atoms. The highest BCUT2D eigenvalue weighted by Gasteiger charge is 2.30. The lowest BCUT2D eigenvalue weighted by molar-refractivity contribution is -0.137. The number of rotatable bonds is 5. The highest BCUT2D eigenvalue weighted by molar-refractivity contribution is 6.33. The van der Waals surface area contributed by atoms with Crippen molar-refractivity contribution in [3.05, 3.63) is 58.6 Å². The molecule has 0 spiro atoms. The van der Waals surface area contributed by atoms with Gasteiger partial charge in [-0.05, 0) is 29.8 Å². The molecule has 3 rings (SSSR count). The van der Waals surface area contributed by atoms with Crippen LogP contribution >= 0.6 is 11.6 Å². The fourth-order valence-electron chi connectivity index (χ4n) is 2.67. The van der Waals surface area contributed by atoms with E-state index >= 15 is 0 Å². The standard InChI is InChI=1S/C21H18ClF3N4O2/c1-11(2)19(30)26-10-12-3-8-16(22)15(9-12)18-27-17(28-20(31)29-18)13-4-6-14(7-5-13)21(23,24)25/h3-9,11H,10H2,1-2H3,(H,26,30)(H,27,28,29,31). The number of halogens is 4. The number of alkyl halides is 3. The average molecular weight is 451 g/mol. The number of aromatic nitrogens is 3. The van der Waals surface area contributed by atoms with Crippen molar-refractivity contribution in [1.82, 2.24) is 20.3 Å². The summed E-state index contributed by atoms with van der Waals surface area (Å²) in [5.74, 6) is -0.243. The molecule has 1 amide bonds.